The molecule has 1 aromatic carbocycles. The standard InChI is InChI=1S/C14H21NO3S/c1-3-11-4-5-14(8-12(11)9-16)19(17,18)15-13-6-10(2)7-13/h4-5,8,10,13,15-16H,3,6-7,9H2,1-2H3. The SMILES string of the molecule is CCc1ccc(S(=O)(=O)NC2CC(C)C2)cc1CO. The zero-order valence-electron chi connectivity index (χ0n) is 11.4. The second kappa shape index (κ2) is 5.61. The molecule has 5 heteroatoms. The Labute approximate surface area is 114 Å². The third-order valence-electron chi connectivity index (χ3n) is 3.73. The van der Waals surface area contributed by atoms with Crippen molar-refractivity contribution in [3.8, 4) is 0 Å². The molecular formula is C14H21NO3S. The predicted octanol–water partition coefficient (Wildman–Crippen LogP) is 1.82. The molecule has 0 aromatic heterocycles. The van der Waals surface area contributed by atoms with Gasteiger partial charge in [-0.3, -0.25) is 0 Å². The van der Waals surface area contributed by atoms with Gasteiger partial charge < -0.3 is 5.11 Å². The molecule has 2 N–H and O–H groups in total. The summed E-state index contributed by atoms with van der Waals surface area (Å²) in [6.07, 6.45) is 2.59. The molecule has 1 aromatic rings. The highest BCUT2D eigenvalue weighted by Crippen LogP contribution is 2.28. The largest absolute Gasteiger partial charge is 0.392 e. The van der Waals surface area contributed by atoms with Crippen molar-refractivity contribution in [2.24, 2.45) is 5.92 Å². The van der Waals surface area contributed by atoms with E-state index in [0.29, 0.717) is 11.5 Å². The van der Waals surface area contributed by atoms with Crippen LogP contribution in [0.25, 0.3) is 0 Å². The molecule has 106 valence electrons. The summed E-state index contributed by atoms with van der Waals surface area (Å²) in [6, 6.07) is 5.03. The van der Waals surface area contributed by atoms with E-state index in [0.717, 1.165) is 24.8 Å². The van der Waals surface area contributed by atoms with Gasteiger partial charge in [0.2, 0.25) is 10.0 Å². The van der Waals surface area contributed by atoms with Crippen LogP contribution in [-0.4, -0.2) is 19.6 Å². The molecular weight excluding hydrogens is 262 g/mol. The van der Waals surface area contributed by atoms with Crippen LogP contribution in [0.3, 0.4) is 0 Å². The lowest BCUT2D eigenvalue weighted by Crippen LogP contribution is -2.43. The first-order valence-corrected chi connectivity index (χ1v) is 8.19. The van der Waals surface area contributed by atoms with Crippen LogP contribution in [0, 0.1) is 5.92 Å². The van der Waals surface area contributed by atoms with E-state index in [1.165, 1.54) is 0 Å². The topological polar surface area (TPSA) is 66.4 Å². The minimum atomic E-state index is -3.46. The first-order valence-electron chi connectivity index (χ1n) is 6.71. The first-order chi connectivity index (χ1) is 8.96. The highest BCUT2D eigenvalue weighted by molar-refractivity contribution is 7.89. The van der Waals surface area contributed by atoms with Crippen molar-refractivity contribution in [2.45, 2.75) is 50.7 Å². The molecule has 1 fully saturated rings. The molecule has 19 heavy (non-hydrogen) atoms. The minimum Gasteiger partial charge on any atom is -0.392 e. The summed E-state index contributed by atoms with van der Waals surface area (Å²) in [5.74, 6) is 0.600. The van der Waals surface area contributed by atoms with E-state index < -0.39 is 10.0 Å². The molecule has 0 saturated heterocycles. The van der Waals surface area contributed by atoms with Crippen molar-refractivity contribution in [3.05, 3.63) is 29.3 Å². The Morgan fingerprint density at radius 3 is 2.53 bits per heavy atom. The normalized spacial score (nSPS) is 23.1. The molecule has 0 bridgehead atoms. The Morgan fingerprint density at radius 1 is 1.32 bits per heavy atom. The van der Waals surface area contributed by atoms with Crippen LogP contribution >= 0.6 is 0 Å². The van der Waals surface area contributed by atoms with Gasteiger partial charge in [0.05, 0.1) is 11.5 Å². The number of hydrogen-bond acceptors (Lipinski definition) is 3. The van der Waals surface area contributed by atoms with Gasteiger partial charge in [-0.1, -0.05) is 19.9 Å². The van der Waals surface area contributed by atoms with Gasteiger partial charge >= 0.3 is 0 Å². The van der Waals surface area contributed by atoms with E-state index >= 15 is 0 Å². The molecule has 4 nitrogen and oxygen atoms in total. The lowest BCUT2D eigenvalue weighted by atomic mass is 9.83. The third kappa shape index (κ3) is 3.16. The molecule has 0 amide bonds. The van der Waals surface area contributed by atoms with E-state index in [-0.39, 0.29) is 17.5 Å². The molecule has 0 unspecified atom stereocenters. The van der Waals surface area contributed by atoms with Gasteiger partial charge in [-0.25, -0.2) is 13.1 Å². The number of aryl methyl sites for hydroxylation is 1. The summed E-state index contributed by atoms with van der Waals surface area (Å²) < 4.78 is 27.2. The van der Waals surface area contributed by atoms with Crippen molar-refractivity contribution in [3.63, 3.8) is 0 Å². The second-order valence-corrected chi connectivity index (χ2v) is 7.05. The Morgan fingerprint density at radius 2 is 2.00 bits per heavy atom. The van der Waals surface area contributed by atoms with Crippen LogP contribution in [-0.2, 0) is 23.1 Å². The fourth-order valence-corrected chi connectivity index (χ4v) is 3.86. The fraction of sp³-hybridized carbons (Fsp3) is 0.571. The van der Waals surface area contributed by atoms with Crippen LogP contribution in [0.5, 0.6) is 0 Å². The quantitative estimate of drug-likeness (QED) is 0.866. The van der Waals surface area contributed by atoms with E-state index in [2.05, 4.69) is 11.6 Å². The lowest BCUT2D eigenvalue weighted by molar-refractivity contribution is 0.270. The van der Waals surface area contributed by atoms with Crippen molar-refractivity contribution >= 4 is 10.0 Å². The van der Waals surface area contributed by atoms with Gasteiger partial charge in [-0.05, 0) is 48.4 Å². The maximum absolute atomic E-state index is 12.2. The summed E-state index contributed by atoms with van der Waals surface area (Å²) in [7, 11) is -3.46. The molecule has 1 aliphatic carbocycles. The number of aliphatic hydroxyl groups is 1. The summed E-state index contributed by atoms with van der Waals surface area (Å²) in [6.45, 7) is 3.97. The van der Waals surface area contributed by atoms with Crippen molar-refractivity contribution in [1.82, 2.24) is 4.72 Å². The molecule has 0 heterocycles. The summed E-state index contributed by atoms with van der Waals surface area (Å²) in [4.78, 5) is 0.244. The molecule has 0 radical (unpaired) electrons. The smallest absolute Gasteiger partial charge is 0.240 e. The van der Waals surface area contributed by atoms with E-state index in [1.807, 2.05) is 6.92 Å². The zero-order valence-corrected chi connectivity index (χ0v) is 12.2. The van der Waals surface area contributed by atoms with Crippen LogP contribution in [0.15, 0.2) is 23.1 Å². The Hall–Kier alpha value is -0.910. The van der Waals surface area contributed by atoms with Crippen molar-refractivity contribution < 1.29 is 13.5 Å². The second-order valence-electron chi connectivity index (χ2n) is 5.34. The Bertz CT molecular complexity index is 548. The fourth-order valence-electron chi connectivity index (χ4n) is 2.55. The maximum atomic E-state index is 12.2. The van der Waals surface area contributed by atoms with Crippen LogP contribution in [0.1, 0.15) is 37.8 Å². The summed E-state index contributed by atoms with van der Waals surface area (Å²) in [5.41, 5.74) is 1.67. The maximum Gasteiger partial charge on any atom is 0.240 e. The van der Waals surface area contributed by atoms with E-state index in [4.69, 9.17) is 0 Å². The van der Waals surface area contributed by atoms with E-state index in [9.17, 15) is 13.5 Å². The van der Waals surface area contributed by atoms with Gasteiger partial charge in [0, 0.05) is 6.04 Å². The molecule has 0 spiro atoms. The van der Waals surface area contributed by atoms with Gasteiger partial charge in [-0.15, -0.1) is 0 Å². The zero-order chi connectivity index (χ0) is 14.0. The molecule has 2 rings (SSSR count). The van der Waals surface area contributed by atoms with E-state index in [1.54, 1.807) is 18.2 Å². The highest BCUT2D eigenvalue weighted by Gasteiger charge is 2.29. The van der Waals surface area contributed by atoms with Gasteiger partial charge in [0.25, 0.3) is 0 Å². The average Bonchev–Trinajstić information content (AvgIpc) is 2.35. The highest BCUT2D eigenvalue weighted by atomic mass is 32.2. The molecule has 0 atom stereocenters. The minimum absolute atomic E-state index is 0.0587. The van der Waals surface area contributed by atoms with Gasteiger partial charge in [0.1, 0.15) is 0 Å². The van der Waals surface area contributed by atoms with Crippen molar-refractivity contribution in [2.75, 3.05) is 0 Å². The monoisotopic (exact) mass is 283 g/mol. The Balaban J connectivity index is 2.20. The first kappa shape index (κ1) is 14.5. The summed E-state index contributed by atoms with van der Waals surface area (Å²) >= 11 is 0. The molecule has 0 aliphatic heterocycles. The van der Waals surface area contributed by atoms with Crippen LogP contribution in [0.2, 0.25) is 0 Å². The van der Waals surface area contributed by atoms with Crippen LogP contribution in [0.4, 0.5) is 0 Å². The average molecular weight is 283 g/mol. The summed E-state index contributed by atoms with van der Waals surface area (Å²) in [5, 5.41) is 9.30. The predicted molar refractivity (Wildman–Crippen MR) is 74.3 cm³/mol. The third-order valence-corrected chi connectivity index (χ3v) is 5.25. The number of benzene rings is 1. The molecule has 1 saturated carbocycles. The van der Waals surface area contributed by atoms with Crippen molar-refractivity contribution in [1.29, 1.82) is 0 Å². The number of aliphatic hydroxyl groups excluding tert-OH is 1. The number of nitrogens with one attached hydrogen (secondary N) is 1. The lowest BCUT2D eigenvalue weighted by Gasteiger charge is -2.32. The van der Waals surface area contributed by atoms with Gasteiger partial charge in [-0.2, -0.15) is 0 Å². The van der Waals surface area contributed by atoms with Crippen LogP contribution < -0.4 is 4.72 Å². The number of sulfonamides is 1. The van der Waals surface area contributed by atoms with Gasteiger partial charge in [0.15, 0.2) is 0 Å². The number of hydrogen-bond donors (Lipinski definition) is 2. The number of rotatable bonds is 5. The molecule has 1 aliphatic rings. The Kier molecular flexibility index (Phi) is 4.28.